The second-order valence-electron chi connectivity index (χ2n) is 4.60. The largest absolute Gasteiger partial charge is 0.473 e. The second-order valence-corrected chi connectivity index (χ2v) is 4.60. The van der Waals surface area contributed by atoms with Crippen molar-refractivity contribution < 1.29 is 9.53 Å². The fourth-order valence-electron chi connectivity index (χ4n) is 2.83. The van der Waals surface area contributed by atoms with Gasteiger partial charge in [0, 0.05) is 23.3 Å². The number of amides is 1. The molecule has 0 saturated heterocycles. The third kappa shape index (κ3) is 1.02. The molecule has 1 amide bonds. The quantitative estimate of drug-likeness (QED) is 0.747. The van der Waals surface area contributed by atoms with Crippen molar-refractivity contribution in [3.8, 4) is 5.75 Å². The Morgan fingerprint density at radius 2 is 2.17 bits per heavy atom. The molecule has 2 aliphatic heterocycles. The molecular formula is C15H11NO2. The topological polar surface area (TPSA) is 38.3 Å². The molecule has 3 nitrogen and oxygen atoms in total. The first kappa shape index (κ1) is 9.71. The van der Waals surface area contributed by atoms with Gasteiger partial charge in [-0.15, -0.1) is 0 Å². The summed E-state index contributed by atoms with van der Waals surface area (Å²) in [5, 5.41) is 2.82. The van der Waals surface area contributed by atoms with Gasteiger partial charge in [-0.25, -0.2) is 0 Å². The van der Waals surface area contributed by atoms with Crippen LogP contribution < -0.4 is 10.1 Å². The molecule has 3 aliphatic rings. The van der Waals surface area contributed by atoms with Gasteiger partial charge < -0.3 is 10.1 Å². The summed E-state index contributed by atoms with van der Waals surface area (Å²) in [6, 6.07) is 7.96. The van der Waals surface area contributed by atoms with E-state index in [1.54, 1.807) is 0 Å². The third-order valence-corrected chi connectivity index (χ3v) is 3.66. The molecule has 0 fully saturated rings. The smallest absolute Gasteiger partial charge is 0.251 e. The Morgan fingerprint density at radius 3 is 3.06 bits per heavy atom. The Hall–Kier alpha value is -2.29. The monoisotopic (exact) mass is 237 g/mol. The lowest BCUT2D eigenvalue weighted by Gasteiger charge is -2.46. The molecule has 1 aliphatic carbocycles. The van der Waals surface area contributed by atoms with Gasteiger partial charge in [-0.1, -0.05) is 30.4 Å². The van der Waals surface area contributed by atoms with E-state index in [9.17, 15) is 4.79 Å². The third-order valence-electron chi connectivity index (χ3n) is 3.66. The maximum Gasteiger partial charge on any atom is 0.251 e. The van der Waals surface area contributed by atoms with Gasteiger partial charge in [0.25, 0.3) is 5.91 Å². The van der Waals surface area contributed by atoms with Crippen LogP contribution in [0.4, 0.5) is 0 Å². The van der Waals surface area contributed by atoms with E-state index in [2.05, 4.69) is 11.4 Å². The molecule has 88 valence electrons. The van der Waals surface area contributed by atoms with Crippen LogP contribution in [0, 0.1) is 0 Å². The van der Waals surface area contributed by atoms with E-state index in [0.717, 1.165) is 16.9 Å². The van der Waals surface area contributed by atoms with E-state index in [-0.39, 0.29) is 5.91 Å². The van der Waals surface area contributed by atoms with Crippen LogP contribution in [0.2, 0.25) is 0 Å². The predicted molar refractivity (Wildman–Crippen MR) is 67.1 cm³/mol. The molecule has 0 bridgehead atoms. The Kier molecular flexibility index (Phi) is 1.69. The molecule has 1 spiro atoms. The lowest BCUT2D eigenvalue weighted by atomic mass is 9.74. The molecule has 1 aromatic rings. The van der Waals surface area contributed by atoms with Crippen LogP contribution in [0.1, 0.15) is 5.56 Å². The maximum atomic E-state index is 11.9. The highest BCUT2D eigenvalue weighted by Crippen LogP contribution is 2.52. The van der Waals surface area contributed by atoms with Crippen molar-refractivity contribution in [1.29, 1.82) is 0 Å². The van der Waals surface area contributed by atoms with Crippen LogP contribution in [0.5, 0.6) is 5.75 Å². The molecular weight excluding hydrogens is 226 g/mol. The van der Waals surface area contributed by atoms with Crippen molar-refractivity contribution in [3.63, 3.8) is 0 Å². The minimum atomic E-state index is -0.543. The van der Waals surface area contributed by atoms with E-state index in [0.29, 0.717) is 12.1 Å². The number of hydrogen-bond acceptors (Lipinski definition) is 2. The molecule has 1 aromatic carbocycles. The second kappa shape index (κ2) is 3.13. The van der Waals surface area contributed by atoms with Gasteiger partial charge in [0.05, 0.1) is 0 Å². The molecule has 0 saturated carbocycles. The molecule has 1 atom stereocenters. The van der Waals surface area contributed by atoms with Gasteiger partial charge in [0.2, 0.25) is 0 Å². The zero-order chi connectivity index (χ0) is 12.2. The summed E-state index contributed by atoms with van der Waals surface area (Å²) in [7, 11) is 0. The number of ether oxygens (including phenoxy) is 1. The molecule has 0 radical (unpaired) electrons. The van der Waals surface area contributed by atoms with Crippen LogP contribution in [-0.2, 0) is 10.4 Å². The number of rotatable bonds is 0. The van der Waals surface area contributed by atoms with Crippen LogP contribution in [0.25, 0.3) is 0 Å². The highest BCUT2D eigenvalue weighted by atomic mass is 16.5. The Labute approximate surface area is 104 Å². The van der Waals surface area contributed by atoms with Crippen LogP contribution in [-0.4, -0.2) is 12.5 Å². The number of benzene rings is 1. The summed E-state index contributed by atoms with van der Waals surface area (Å²) >= 11 is 0. The van der Waals surface area contributed by atoms with Crippen molar-refractivity contribution in [3.05, 3.63) is 65.3 Å². The van der Waals surface area contributed by atoms with Gasteiger partial charge in [0.15, 0.2) is 5.60 Å². The fourth-order valence-corrected chi connectivity index (χ4v) is 2.83. The first-order valence-corrected chi connectivity index (χ1v) is 5.98. The standard InChI is InChI=1S/C15H11NO2/c17-14-10-4-3-8-15(11(10)7-9-16-14)12-5-1-2-6-13(12)18-15/h1-8H,9H2,(H,16,17). The first-order chi connectivity index (χ1) is 8.81. The predicted octanol–water partition coefficient (Wildman–Crippen LogP) is 1.83. The van der Waals surface area contributed by atoms with E-state index in [1.807, 2.05) is 42.5 Å². The number of nitrogens with one attached hydrogen (secondary N) is 1. The summed E-state index contributed by atoms with van der Waals surface area (Å²) in [4.78, 5) is 11.9. The lowest BCUT2D eigenvalue weighted by molar-refractivity contribution is -0.117. The van der Waals surface area contributed by atoms with E-state index in [4.69, 9.17) is 4.74 Å². The Bertz CT molecular complexity index is 654. The van der Waals surface area contributed by atoms with Crippen LogP contribution in [0.3, 0.4) is 0 Å². The van der Waals surface area contributed by atoms with Gasteiger partial charge in [-0.2, -0.15) is 0 Å². The van der Waals surface area contributed by atoms with Gasteiger partial charge >= 0.3 is 0 Å². The number of allylic oxidation sites excluding steroid dienone is 2. The Morgan fingerprint density at radius 1 is 1.28 bits per heavy atom. The molecule has 0 aromatic heterocycles. The number of carbonyl (C=O) groups excluding carboxylic acids is 1. The molecule has 2 heterocycles. The van der Waals surface area contributed by atoms with Crippen LogP contribution >= 0.6 is 0 Å². The maximum absolute atomic E-state index is 11.9. The van der Waals surface area contributed by atoms with Gasteiger partial charge in [-0.05, 0) is 18.2 Å². The molecule has 18 heavy (non-hydrogen) atoms. The fraction of sp³-hybridized carbons (Fsp3) is 0.133. The average molecular weight is 237 g/mol. The van der Waals surface area contributed by atoms with Crippen molar-refractivity contribution in [2.75, 3.05) is 6.54 Å². The van der Waals surface area contributed by atoms with Crippen molar-refractivity contribution in [1.82, 2.24) is 5.32 Å². The highest BCUT2D eigenvalue weighted by Gasteiger charge is 2.49. The SMILES string of the molecule is O=C1NCC=C2C1=CC=CC21Oc2ccccc21. The molecule has 3 heteroatoms. The summed E-state index contributed by atoms with van der Waals surface area (Å²) in [6.45, 7) is 0.562. The molecule has 1 N–H and O–H groups in total. The number of carbonyl (C=O) groups is 1. The van der Waals surface area contributed by atoms with Gasteiger partial charge in [0.1, 0.15) is 5.75 Å². The number of fused-ring (bicyclic) bond motifs is 4. The average Bonchev–Trinajstić information content (AvgIpc) is 2.38. The van der Waals surface area contributed by atoms with Crippen molar-refractivity contribution in [2.45, 2.75) is 5.60 Å². The van der Waals surface area contributed by atoms with E-state index >= 15 is 0 Å². The van der Waals surface area contributed by atoms with E-state index < -0.39 is 5.60 Å². The summed E-state index contributed by atoms with van der Waals surface area (Å²) in [5.74, 6) is 0.875. The first-order valence-electron chi connectivity index (χ1n) is 5.98. The van der Waals surface area contributed by atoms with E-state index in [1.165, 1.54) is 0 Å². The minimum Gasteiger partial charge on any atom is -0.473 e. The lowest BCUT2D eigenvalue weighted by Crippen LogP contribution is -2.47. The van der Waals surface area contributed by atoms with Gasteiger partial charge in [-0.3, -0.25) is 4.79 Å². The summed E-state index contributed by atoms with van der Waals surface area (Å²) in [6.07, 6.45) is 7.79. The normalized spacial score (nSPS) is 27.2. The number of hydrogen-bond donors (Lipinski definition) is 1. The number of para-hydroxylation sites is 1. The summed E-state index contributed by atoms with van der Waals surface area (Å²) in [5.41, 5.74) is 2.26. The Balaban J connectivity index is 1.91. The van der Waals surface area contributed by atoms with Crippen molar-refractivity contribution in [2.24, 2.45) is 0 Å². The molecule has 1 unspecified atom stereocenters. The minimum absolute atomic E-state index is 0.0239. The zero-order valence-electron chi connectivity index (χ0n) is 9.64. The van der Waals surface area contributed by atoms with Crippen molar-refractivity contribution >= 4 is 5.91 Å². The molecule has 4 rings (SSSR count). The zero-order valence-corrected chi connectivity index (χ0v) is 9.64. The summed E-state index contributed by atoms with van der Waals surface area (Å²) < 4.78 is 5.96. The highest BCUT2D eigenvalue weighted by molar-refractivity contribution is 6.01. The van der Waals surface area contributed by atoms with Crippen LogP contribution in [0.15, 0.2) is 59.7 Å².